The van der Waals surface area contributed by atoms with E-state index in [2.05, 4.69) is 4.52 Å². The van der Waals surface area contributed by atoms with Crippen molar-refractivity contribution in [3.63, 3.8) is 0 Å². The molecular weight excluding hydrogens is 529 g/mol. The number of phosphoric ester groups is 1. The molecule has 0 aliphatic carbocycles. The molecule has 216 valence electrons. The van der Waals surface area contributed by atoms with Gasteiger partial charge >= 0.3 is 19.8 Å². The predicted octanol–water partition coefficient (Wildman–Crippen LogP) is 4.12. The number of carboxylic acids is 1. The van der Waals surface area contributed by atoms with Crippen molar-refractivity contribution in [3.05, 3.63) is 60.2 Å². The van der Waals surface area contributed by atoms with Gasteiger partial charge in [-0.3, -0.25) is 18.6 Å². The minimum absolute atomic E-state index is 0.00496. The first-order chi connectivity index (χ1) is 18.7. The third-order valence-corrected chi connectivity index (χ3v) is 6.36. The monoisotopic (exact) mass is 567 g/mol. The zero-order valence-electron chi connectivity index (χ0n) is 21.9. The molecule has 11 nitrogen and oxygen atoms in total. The molecule has 0 bridgehead atoms. The fourth-order valence-electron chi connectivity index (χ4n) is 3.27. The van der Waals surface area contributed by atoms with E-state index < -0.39 is 32.4 Å². The van der Waals surface area contributed by atoms with Gasteiger partial charge in [-0.15, -0.1) is 0 Å². The molecule has 39 heavy (non-hydrogen) atoms. The lowest BCUT2D eigenvalue weighted by Gasteiger charge is -2.13. The molecule has 1 unspecified atom stereocenters. The lowest BCUT2D eigenvalue weighted by Crippen LogP contribution is -2.34. The molecule has 0 heterocycles. The lowest BCUT2D eigenvalue weighted by molar-refractivity contribution is -0.143. The van der Waals surface area contributed by atoms with Crippen LogP contribution >= 0.6 is 7.82 Å². The number of nitrogens with two attached hydrogens (primary N) is 1. The summed E-state index contributed by atoms with van der Waals surface area (Å²) in [5.41, 5.74) is 6.14. The minimum Gasteiger partial charge on any atom is -0.494 e. The van der Waals surface area contributed by atoms with E-state index in [-0.39, 0.29) is 26.1 Å². The molecule has 4 N–H and O–H groups in total. The van der Waals surface area contributed by atoms with Crippen LogP contribution < -0.4 is 15.2 Å². The Morgan fingerprint density at radius 1 is 0.821 bits per heavy atom. The summed E-state index contributed by atoms with van der Waals surface area (Å²) in [5, 5.41) is 8.63. The maximum atomic E-state index is 12.0. The number of para-hydroxylation sites is 1. The summed E-state index contributed by atoms with van der Waals surface area (Å²) in [6.45, 7) is 0.425. The Morgan fingerprint density at radius 3 is 2.18 bits per heavy atom. The van der Waals surface area contributed by atoms with Gasteiger partial charge in [0.2, 0.25) is 0 Å². The molecule has 2 aromatic carbocycles. The maximum Gasteiger partial charge on any atom is 0.472 e. The van der Waals surface area contributed by atoms with Gasteiger partial charge in [0.25, 0.3) is 0 Å². The number of hydrogen-bond donors (Lipinski definition) is 3. The van der Waals surface area contributed by atoms with Crippen molar-refractivity contribution in [1.82, 2.24) is 0 Å². The zero-order valence-corrected chi connectivity index (χ0v) is 22.8. The Morgan fingerprint density at radius 2 is 1.49 bits per heavy atom. The van der Waals surface area contributed by atoms with E-state index in [0.29, 0.717) is 19.6 Å². The summed E-state index contributed by atoms with van der Waals surface area (Å²) in [4.78, 5) is 32.1. The molecule has 12 heteroatoms. The summed E-state index contributed by atoms with van der Waals surface area (Å²) < 4.78 is 37.5. The van der Waals surface area contributed by atoms with Gasteiger partial charge in [0.05, 0.1) is 33.0 Å². The first-order valence-corrected chi connectivity index (χ1v) is 14.4. The number of phosphoric acid groups is 1. The third-order valence-electron chi connectivity index (χ3n) is 5.38. The zero-order chi connectivity index (χ0) is 28.3. The number of esters is 1. The number of aliphatic carboxylic acids is 1. The number of carboxylic acid groups (broad SMARTS) is 1. The Labute approximate surface area is 228 Å². The van der Waals surface area contributed by atoms with E-state index in [0.717, 1.165) is 42.7 Å². The predicted molar refractivity (Wildman–Crippen MR) is 144 cm³/mol. The second-order valence-corrected chi connectivity index (χ2v) is 10.1. The van der Waals surface area contributed by atoms with Gasteiger partial charge in [0.15, 0.2) is 0 Å². The van der Waals surface area contributed by atoms with E-state index in [4.69, 9.17) is 29.6 Å². The fourth-order valence-corrected chi connectivity index (χ4v) is 4.06. The highest BCUT2D eigenvalue weighted by atomic mass is 31.2. The van der Waals surface area contributed by atoms with Crippen molar-refractivity contribution in [2.75, 3.05) is 33.0 Å². The molecule has 0 spiro atoms. The van der Waals surface area contributed by atoms with Crippen molar-refractivity contribution >= 4 is 19.8 Å². The summed E-state index contributed by atoms with van der Waals surface area (Å²) in [5.74, 6) is -0.128. The quantitative estimate of drug-likeness (QED) is 0.113. The molecule has 0 aliphatic heterocycles. The molecule has 0 saturated carbocycles. The molecule has 0 radical (unpaired) electrons. The van der Waals surface area contributed by atoms with Crippen LogP contribution in [-0.4, -0.2) is 61.0 Å². The largest absolute Gasteiger partial charge is 0.494 e. The number of hydrogen-bond acceptors (Lipinski definition) is 9. The molecule has 0 aliphatic rings. The van der Waals surface area contributed by atoms with Crippen molar-refractivity contribution in [3.8, 4) is 11.5 Å². The standard InChI is InChI=1S/C27H38NO10P/c28-25(27(30)31)21-38-39(32,33)37-19-9-18-36-26(29)15-14-22-10-8-13-24(20-22)35-17-7-2-1-6-16-34-23-11-4-3-5-12-23/h3-5,8,10-13,20,25H,1-2,6-7,9,14-19,21,28H2,(H,30,31)(H,32,33)/t25-/m0/s1. The van der Waals surface area contributed by atoms with E-state index in [1.54, 1.807) is 0 Å². The summed E-state index contributed by atoms with van der Waals surface area (Å²) in [6, 6.07) is 15.9. The Kier molecular flexibility index (Phi) is 15.2. The highest BCUT2D eigenvalue weighted by molar-refractivity contribution is 7.47. The average Bonchev–Trinajstić information content (AvgIpc) is 2.92. The minimum atomic E-state index is -4.44. The van der Waals surface area contributed by atoms with Gasteiger partial charge in [-0.05, 0) is 61.9 Å². The molecule has 0 amide bonds. The van der Waals surface area contributed by atoms with Gasteiger partial charge in [-0.2, -0.15) is 0 Å². The molecule has 0 saturated heterocycles. The van der Waals surface area contributed by atoms with Gasteiger partial charge in [0.1, 0.15) is 17.5 Å². The van der Waals surface area contributed by atoms with Crippen LogP contribution in [0, 0.1) is 0 Å². The number of carbonyl (C=O) groups excluding carboxylic acids is 1. The normalized spacial score (nSPS) is 13.3. The Bertz CT molecular complexity index is 1040. The van der Waals surface area contributed by atoms with Crippen LogP contribution in [0.4, 0.5) is 0 Å². The summed E-state index contributed by atoms with van der Waals surface area (Å²) in [6.07, 6.45) is 4.87. The van der Waals surface area contributed by atoms with Crippen LogP contribution in [0.25, 0.3) is 0 Å². The number of aryl methyl sites for hydroxylation is 1. The number of unbranched alkanes of at least 4 members (excludes halogenated alkanes) is 3. The van der Waals surface area contributed by atoms with E-state index in [9.17, 15) is 19.0 Å². The molecule has 2 atom stereocenters. The van der Waals surface area contributed by atoms with Crippen molar-refractivity contribution < 1.29 is 47.4 Å². The van der Waals surface area contributed by atoms with Crippen molar-refractivity contribution in [1.29, 1.82) is 0 Å². The third kappa shape index (κ3) is 15.3. The van der Waals surface area contributed by atoms with Crippen LogP contribution in [-0.2, 0) is 34.4 Å². The number of ether oxygens (including phenoxy) is 3. The molecule has 0 aromatic heterocycles. The number of benzene rings is 2. The van der Waals surface area contributed by atoms with Gasteiger partial charge in [0, 0.05) is 12.8 Å². The second-order valence-electron chi connectivity index (χ2n) is 8.69. The first-order valence-electron chi connectivity index (χ1n) is 12.9. The van der Waals surface area contributed by atoms with Gasteiger partial charge in [-0.25, -0.2) is 4.57 Å². The highest BCUT2D eigenvalue weighted by Crippen LogP contribution is 2.43. The molecule has 0 fully saturated rings. The van der Waals surface area contributed by atoms with Crippen LogP contribution in [0.3, 0.4) is 0 Å². The maximum absolute atomic E-state index is 12.0. The van der Waals surface area contributed by atoms with Gasteiger partial charge in [-0.1, -0.05) is 30.3 Å². The SMILES string of the molecule is N[C@@H](COP(=O)(O)OCCCOC(=O)CCc1cccc(OCCCCCCOc2ccccc2)c1)C(=O)O. The summed E-state index contributed by atoms with van der Waals surface area (Å²) >= 11 is 0. The van der Waals surface area contributed by atoms with Crippen LogP contribution in [0.2, 0.25) is 0 Å². The van der Waals surface area contributed by atoms with Crippen molar-refractivity contribution in [2.45, 2.75) is 51.0 Å². The average molecular weight is 568 g/mol. The Hall–Kier alpha value is -2.95. The highest BCUT2D eigenvalue weighted by Gasteiger charge is 2.24. The first kappa shape index (κ1) is 32.3. The van der Waals surface area contributed by atoms with E-state index in [1.165, 1.54) is 0 Å². The number of carbonyl (C=O) groups is 2. The van der Waals surface area contributed by atoms with E-state index in [1.807, 2.05) is 54.6 Å². The lowest BCUT2D eigenvalue weighted by atomic mass is 10.1. The van der Waals surface area contributed by atoms with Crippen LogP contribution in [0.15, 0.2) is 54.6 Å². The molecule has 2 aromatic rings. The van der Waals surface area contributed by atoms with Crippen LogP contribution in [0.1, 0.15) is 44.1 Å². The van der Waals surface area contributed by atoms with Crippen LogP contribution in [0.5, 0.6) is 11.5 Å². The van der Waals surface area contributed by atoms with E-state index >= 15 is 0 Å². The Balaban J connectivity index is 1.51. The smallest absolute Gasteiger partial charge is 0.472 e. The number of rotatable bonds is 21. The molecular formula is C27H38NO10P. The summed E-state index contributed by atoms with van der Waals surface area (Å²) in [7, 11) is -4.44. The second kappa shape index (κ2) is 18.4. The van der Waals surface area contributed by atoms with Crippen molar-refractivity contribution in [2.24, 2.45) is 5.73 Å². The fraction of sp³-hybridized carbons (Fsp3) is 0.481. The molecule has 2 rings (SSSR count). The topological polar surface area (TPSA) is 164 Å². The van der Waals surface area contributed by atoms with Gasteiger partial charge < -0.3 is 29.9 Å².